The van der Waals surface area contributed by atoms with Gasteiger partial charge in [-0.25, -0.2) is 0 Å². The minimum absolute atomic E-state index is 0.0671. The Kier molecular flexibility index (Phi) is 6.15. The van der Waals surface area contributed by atoms with Crippen LogP contribution in [0.3, 0.4) is 0 Å². The van der Waals surface area contributed by atoms with Gasteiger partial charge < -0.3 is 19.3 Å². The second kappa shape index (κ2) is 9.01. The fraction of sp³-hybridized carbons (Fsp3) is 0.308. The fourth-order valence-corrected chi connectivity index (χ4v) is 4.23. The molecule has 0 fully saturated rings. The monoisotopic (exact) mass is 432 g/mol. The number of aliphatic hydroxyl groups is 1. The first-order valence-corrected chi connectivity index (χ1v) is 11.0. The highest BCUT2D eigenvalue weighted by Gasteiger charge is 2.44. The molecule has 0 saturated carbocycles. The highest BCUT2D eigenvalue weighted by Crippen LogP contribution is 2.39. The molecular formula is C26H28N2O4. The van der Waals surface area contributed by atoms with E-state index < -0.39 is 23.5 Å². The Balaban J connectivity index is 1.74. The van der Waals surface area contributed by atoms with E-state index in [0.717, 1.165) is 29.6 Å². The van der Waals surface area contributed by atoms with Gasteiger partial charge in [0.25, 0.3) is 5.91 Å². The van der Waals surface area contributed by atoms with Crippen molar-refractivity contribution in [1.82, 2.24) is 9.80 Å². The average molecular weight is 433 g/mol. The van der Waals surface area contributed by atoms with Gasteiger partial charge in [-0.2, -0.15) is 0 Å². The van der Waals surface area contributed by atoms with Crippen LogP contribution < -0.4 is 0 Å². The molecule has 1 unspecified atom stereocenters. The molecule has 166 valence electrons. The summed E-state index contributed by atoms with van der Waals surface area (Å²) < 4.78 is 5.76. The van der Waals surface area contributed by atoms with Crippen LogP contribution in [0.1, 0.15) is 41.6 Å². The van der Waals surface area contributed by atoms with Gasteiger partial charge in [-0.15, -0.1) is 0 Å². The number of amides is 1. The van der Waals surface area contributed by atoms with Gasteiger partial charge in [0.2, 0.25) is 5.78 Å². The Labute approximate surface area is 187 Å². The lowest BCUT2D eigenvalue weighted by molar-refractivity contribution is -0.129. The van der Waals surface area contributed by atoms with Crippen molar-refractivity contribution in [2.75, 3.05) is 26.2 Å². The summed E-state index contributed by atoms with van der Waals surface area (Å²) in [5.74, 6) is -1.38. The minimum Gasteiger partial charge on any atom is -0.503 e. The molecule has 1 N–H and O–H groups in total. The summed E-state index contributed by atoms with van der Waals surface area (Å²) in [6, 6.07) is 16.0. The topological polar surface area (TPSA) is 74.0 Å². The molecule has 0 aliphatic carbocycles. The van der Waals surface area contributed by atoms with Crippen molar-refractivity contribution >= 4 is 22.7 Å². The molecule has 1 amide bonds. The lowest BCUT2D eigenvalue weighted by Crippen LogP contribution is -2.38. The van der Waals surface area contributed by atoms with Crippen LogP contribution in [0.2, 0.25) is 0 Å². The van der Waals surface area contributed by atoms with Crippen LogP contribution in [-0.2, 0) is 4.79 Å². The van der Waals surface area contributed by atoms with E-state index >= 15 is 0 Å². The zero-order valence-electron chi connectivity index (χ0n) is 18.7. The van der Waals surface area contributed by atoms with Crippen LogP contribution in [0.4, 0.5) is 0 Å². The van der Waals surface area contributed by atoms with Crippen molar-refractivity contribution in [3.63, 3.8) is 0 Å². The number of carbonyl (C=O) groups is 2. The number of likely N-dealkylation sites (N-methyl/N-ethyl adjacent to an activating group) is 1. The summed E-state index contributed by atoms with van der Waals surface area (Å²) in [7, 11) is 0. The molecule has 6 heteroatoms. The Bertz CT molecular complexity index is 1140. The van der Waals surface area contributed by atoms with Crippen molar-refractivity contribution in [3.8, 4) is 0 Å². The van der Waals surface area contributed by atoms with Crippen molar-refractivity contribution < 1.29 is 19.1 Å². The van der Waals surface area contributed by atoms with E-state index in [2.05, 4.69) is 18.7 Å². The van der Waals surface area contributed by atoms with Crippen molar-refractivity contribution in [2.45, 2.75) is 26.8 Å². The van der Waals surface area contributed by atoms with Crippen LogP contribution >= 0.6 is 0 Å². The summed E-state index contributed by atoms with van der Waals surface area (Å²) >= 11 is 0. The molecule has 0 spiro atoms. The van der Waals surface area contributed by atoms with Gasteiger partial charge in [0.15, 0.2) is 11.5 Å². The molecule has 0 bridgehead atoms. The number of para-hydroxylation sites is 1. The first-order valence-electron chi connectivity index (χ1n) is 11.0. The summed E-state index contributed by atoms with van der Waals surface area (Å²) in [5.41, 5.74) is 2.51. The lowest BCUT2D eigenvalue weighted by Gasteiger charge is -2.29. The third-order valence-corrected chi connectivity index (χ3v) is 6.14. The van der Waals surface area contributed by atoms with E-state index in [4.69, 9.17) is 4.42 Å². The maximum Gasteiger partial charge on any atom is 0.290 e. The first-order chi connectivity index (χ1) is 15.4. The predicted molar refractivity (Wildman–Crippen MR) is 124 cm³/mol. The molecule has 0 radical (unpaired) electrons. The van der Waals surface area contributed by atoms with E-state index in [1.165, 1.54) is 0 Å². The molecular weight excluding hydrogens is 404 g/mol. The summed E-state index contributed by atoms with van der Waals surface area (Å²) in [5, 5.41) is 11.6. The second-order valence-electron chi connectivity index (χ2n) is 8.08. The first kappa shape index (κ1) is 21.8. The SMILES string of the molecule is CCN(CC)CCN1C(=O)C(O)=C(C(=O)c2cc3ccccc3o2)C1c1ccc(C)cc1. The number of hydrogen-bond acceptors (Lipinski definition) is 5. The number of furan rings is 1. The maximum absolute atomic E-state index is 13.5. The Morgan fingerprint density at radius 3 is 2.44 bits per heavy atom. The highest BCUT2D eigenvalue weighted by atomic mass is 16.3. The largest absolute Gasteiger partial charge is 0.503 e. The number of hydrogen-bond donors (Lipinski definition) is 1. The third-order valence-electron chi connectivity index (χ3n) is 6.14. The number of benzene rings is 2. The second-order valence-corrected chi connectivity index (χ2v) is 8.08. The van der Waals surface area contributed by atoms with E-state index in [0.29, 0.717) is 18.7 Å². The van der Waals surface area contributed by atoms with Crippen LogP contribution in [0.5, 0.6) is 0 Å². The van der Waals surface area contributed by atoms with Gasteiger partial charge in [0.1, 0.15) is 5.58 Å². The summed E-state index contributed by atoms with van der Waals surface area (Å²) in [6.07, 6.45) is 0. The molecule has 0 saturated heterocycles. The molecule has 6 nitrogen and oxygen atoms in total. The van der Waals surface area contributed by atoms with Gasteiger partial charge in [-0.3, -0.25) is 9.59 Å². The van der Waals surface area contributed by atoms with Gasteiger partial charge in [-0.05, 0) is 37.7 Å². The number of fused-ring (bicyclic) bond motifs is 1. The molecule has 2 heterocycles. The molecule has 1 aliphatic rings. The van der Waals surface area contributed by atoms with Gasteiger partial charge in [0.05, 0.1) is 11.6 Å². The summed E-state index contributed by atoms with van der Waals surface area (Å²) in [4.78, 5) is 30.4. The highest BCUT2D eigenvalue weighted by molar-refractivity contribution is 6.16. The number of ketones is 1. The fourth-order valence-electron chi connectivity index (χ4n) is 4.23. The number of aliphatic hydroxyl groups excluding tert-OH is 1. The van der Waals surface area contributed by atoms with E-state index in [1.54, 1.807) is 17.0 Å². The predicted octanol–water partition coefficient (Wildman–Crippen LogP) is 4.66. The lowest BCUT2D eigenvalue weighted by atomic mass is 9.94. The van der Waals surface area contributed by atoms with Crippen molar-refractivity contribution in [3.05, 3.63) is 82.8 Å². The van der Waals surface area contributed by atoms with Crippen molar-refractivity contribution in [1.29, 1.82) is 0 Å². The number of nitrogens with zero attached hydrogens (tertiary/aromatic N) is 2. The van der Waals surface area contributed by atoms with Gasteiger partial charge >= 0.3 is 0 Å². The normalized spacial score (nSPS) is 16.6. The quantitative estimate of drug-likeness (QED) is 0.524. The number of rotatable bonds is 8. The van der Waals surface area contributed by atoms with Gasteiger partial charge in [0, 0.05) is 18.5 Å². The Hall–Kier alpha value is -3.38. The van der Waals surface area contributed by atoms with Crippen molar-refractivity contribution in [2.24, 2.45) is 0 Å². The zero-order valence-corrected chi connectivity index (χ0v) is 18.7. The minimum atomic E-state index is -0.667. The van der Waals surface area contributed by atoms with E-state index in [-0.39, 0.29) is 11.3 Å². The molecule has 1 atom stereocenters. The molecule has 4 rings (SSSR count). The van der Waals surface area contributed by atoms with Crippen LogP contribution in [-0.4, -0.2) is 52.8 Å². The standard InChI is InChI=1S/C26H28N2O4/c1-4-27(5-2)14-15-28-23(18-12-10-17(3)11-13-18)22(25(30)26(28)31)24(29)21-16-19-8-6-7-9-20(19)32-21/h6-13,16,23,30H,4-5,14-15H2,1-3H3. The maximum atomic E-state index is 13.5. The average Bonchev–Trinajstić information content (AvgIpc) is 3.34. The summed E-state index contributed by atoms with van der Waals surface area (Å²) in [6.45, 7) is 8.89. The Morgan fingerprint density at radius 2 is 1.78 bits per heavy atom. The zero-order chi connectivity index (χ0) is 22.8. The number of carbonyl (C=O) groups excluding carboxylic acids is 2. The van der Waals surface area contributed by atoms with E-state index in [1.807, 2.05) is 49.4 Å². The third kappa shape index (κ3) is 3.94. The number of Topliss-reactive ketones (excluding diaryl/α,β-unsaturated/α-hetero) is 1. The Morgan fingerprint density at radius 1 is 1.09 bits per heavy atom. The van der Waals surface area contributed by atoms with Crippen LogP contribution in [0.25, 0.3) is 11.0 Å². The van der Waals surface area contributed by atoms with Crippen LogP contribution in [0.15, 0.2) is 70.3 Å². The van der Waals surface area contributed by atoms with Crippen LogP contribution in [0, 0.1) is 6.92 Å². The van der Waals surface area contributed by atoms with E-state index in [9.17, 15) is 14.7 Å². The molecule has 1 aliphatic heterocycles. The smallest absolute Gasteiger partial charge is 0.290 e. The van der Waals surface area contributed by atoms with Gasteiger partial charge in [-0.1, -0.05) is 61.9 Å². The number of aryl methyl sites for hydroxylation is 1. The molecule has 3 aromatic rings. The molecule has 32 heavy (non-hydrogen) atoms. The molecule has 2 aromatic carbocycles. The molecule has 1 aromatic heterocycles.